The summed E-state index contributed by atoms with van der Waals surface area (Å²) in [6.07, 6.45) is 1.97. The minimum absolute atomic E-state index is 0.0240. The summed E-state index contributed by atoms with van der Waals surface area (Å²) in [5, 5.41) is 3.78. The second-order valence-corrected chi connectivity index (χ2v) is 10.8. The number of ketones is 1. The van der Waals surface area contributed by atoms with Crippen LogP contribution in [0.25, 0.3) is 10.9 Å². The Bertz CT molecular complexity index is 1580. The number of hydrogen-bond acceptors (Lipinski definition) is 6. The lowest BCUT2D eigenvalue weighted by molar-refractivity contribution is 0.0857. The first-order valence-corrected chi connectivity index (χ1v) is 14.1. The minimum Gasteiger partial charge on any atom is -0.376 e. The number of carbonyl (C=O) groups is 2. The third-order valence-corrected chi connectivity index (χ3v) is 7.88. The van der Waals surface area contributed by atoms with Crippen LogP contribution in [0.5, 0.6) is 0 Å². The number of carbonyl (C=O) groups excluding carboxylic acids is 2. The molecule has 0 saturated carbocycles. The van der Waals surface area contributed by atoms with Crippen molar-refractivity contribution in [2.75, 3.05) is 18.9 Å². The fourth-order valence-electron chi connectivity index (χ4n) is 4.72. The Morgan fingerprint density at radius 2 is 1.90 bits per heavy atom. The molecule has 1 fully saturated rings. The molecule has 0 unspecified atom stereocenters. The van der Waals surface area contributed by atoms with E-state index in [2.05, 4.69) is 5.32 Å². The highest BCUT2D eigenvalue weighted by Crippen LogP contribution is 2.22. The van der Waals surface area contributed by atoms with E-state index in [4.69, 9.17) is 9.72 Å². The van der Waals surface area contributed by atoms with E-state index in [1.165, 1.54) is 11.8 Å². The first-order chi connectivity index (χ1) is 18.9. The van der Waals surface area contributed by atoms with Crippen LogP contribution in [-0.4, -0.2) is 46.2 Å². The molecule has 1 saturated heterocycles. The highest BCUT2D eigenvalue weighted by Gasteiger charge is 2.19. The molecule has 0 bridgehead atoms. The molecule has 1 N–H and O–H groups in total. The number of ether oxygens (including phenoxy) is 1. The molecule has 2 heterocycles. The maximum atomic E-state index is 13.7. The fraction of sp³-hybridized carbons (Fsp3) is 0.290. The molecule has 1 aromatic heterocycles. The van der Waals surface area contributed by atoms with E-state index in [9.17, 15) is 14.4 Å². The van der Waals surface area contributed by atoms with Crippen molar-refractivity contribution in [3.05, 3.63) is 105 Å². The predicted octanol–water partition coefficient (Wildman–Crippen LogP) is 4.95. The monoisotopic (exact) mass is 541 g/mol. The first kappa shape index (κ1) is 26.8. The molecule has 4 aromatic rings. The van der Waals surface area contributed by atoms with Gasteiger partial charge in [-0.1, -0.05) is 59.8 Å². The third kappa shape index (κ3) is 6.29. The zero-order chi connectivity index (χ0) is 27.4. The number of benzene rings is 3. The number of rotatable bonds is 9. The van der Waals surface area contributed by atoms with Crippen LogP contribution in [0.2, 0.25) is 0 Å². The van der Waals surface area contributed by atoms with Gasteiger partial charge in [-0.3, -0.25) is 19.0 Å². The molecule has 8 heteroatoms. The van der Waals surface area contributed by atoms with E-state index in [0.717, 1.165) is 36.1 Å². The lowest BCUT2D eigenvalue weighted by Crippen LogP contribution is -2.31. The second kappa shape index (κ2) is 12.0. The Morgan fingerprint density at radius 3 is 2.67 bits per heavy atom. The topological polar surface area (TPSA) is 90.3 Å². The van der Waals surface area contributed by atoms with Crippen molar-refractivity contribution in [3.63, 3.8) is 0 Å². The Balaban J connectivity index is 1.46. The van der Waals surface area contributed by atoms with Crippen LogP contribution in [0, 0.1) is 13.8 Å². The number of nitrogens with one attached hydrogen (secondary N) is 1. The van der Waals surface area contributed by atoms with Crippen LogP contribution < -0.4 is 10.9 Å². The van der Waals surface area contributed by atoms with Crippen molar-refractivity contribution in [2.45, 2.75) is 44.5 Å². The number of nitrogens with zero attached hydrogens (tertiary/aromatic N) is 2. The van der Waals surface area contributed by atoms with Crippen molar-refractivity contribution in [2.24, 2.45) is 0 Å². The van der Waals surface area contributed by atoms with E-state index in [0.29, 0.717) is 40.3 Å². The summed E-state index contributed by atoms with van der Waals surface area (Å²) in [4.78, 5) is 44.4. The number of amides is 1. The molecule has 39 heavy (non-hydrogen) atoms. The molecule has 5 rings (SSSR count). The van der Waals surface area contributed by atoms with Gasteiger partial charge >= 0.3 is 0 Å². The summed E-state index contributed by atoms with van der Waals surface area (Å²) in [5.74, 6) is -0.121. The van der Waals surface area contributed by atoms with Gasteiger partial charge in [-0.15, -0.1) is 0 Å². The summed E-state index contributed by atoms with van der Waals surface area (Å²) < 4.78 is 7.20. The average Bonchev–Trinajstić information content (AvgIpc) is 3.47. The highest BCUT2D eigenvalue weighted by molar-refractivity contribution is 7.99. The van der Waals surface area contributed by atoms with Gasteiger partial charge < -0.3 is 10.1 Å². The molecule has 0 spiro atoms. The molecular formula is C31H31N3O4S. The normalized spacial score (nSPS) is 15.0. The molecule has 3 aromatic carbocycles. The first-order valence-electron chi connectivity index (χ1n) is 13.1. The van der Waals surface area contributed by atoms with Gasteiger partial charge in [0, 0.05) is 24.3 Å². The summed E-state index contributed by atoms with van der Waals surface area (Å²) in [6.45, 7) is 5.38. The molecule has 1 aliphatic rings. The smallest absolute Gasteiger partial charge is 0.262 e. The van der Waals surface area contributed by atoms with E-state index in [1.54, 1.807) is 22.8 Å². The zero-order valence-corrected chi connectivity index (χ0v) is 22.9. The van der Waals surface area contributed by atoms with Crippen LogP contribution in [-0.2, 0) is 11.3 Å². The molecular weight excluding hydrogens is 510 g/mol. The van der Waals surface area contributed by atoms with Crippen LogP contribution in [0.1, 0.15) is 50.2 Å². The Kier molecular flexibility index (Phi) is 8.24. The molecule has 1 atom stereocenters. The maximum absolute atomic E-state index is 13.7. The number of fused-ring (bicyclic) bond motifs is 1. The van der Waals surface area contributed by atoms with Crippen molar-refractivity contribution in [3.8, 4) is 0 Å². The van der Waals surface area contributed by atoms with Crippen LogP contribution in [0.15, 0.2) is 76.7 Å². The van der Waals surface area contributed by atoms with Gasteiger partial charge in [0.1, 0.15) is 0 Å². The van der Waals surface area contributed by atoms with Gasteiger partial charge in [0.05, 0.1) is 29.3 Å². The molecule has 1 amide bonds. The number of thioether (sulfide) groups is 1. The SMILES string of the molecule is Cc1ccc(C)c(C(=O)CSc2nc3cc(C(=O)NC[C@H]4CCCO4)ccc3c(=O)n2Cc2ccccc2)c1. The largest absolute Gasteiger partial charge is 0.376 e. The predicted molar refractivity (Wildman–Crippen MR) is 154 cm³/mol. The van der Waals surface area contributed by atoms with Gasteiger partial charge in [-0.05, 0) is 62.1 Å². The van der Waals surface area contributed by atoms with Gasteiger partial charge in [-0.25, -0.2) is 4.98 Å². The molecule has 7 nitrogen and oxygen atoms in total. The maximum Gasteiger partial charge on any atom is 0.262 e. The lowest BCUT2D eigenvalue weighted by atomic mass is 10.0. The Morgan fingerprint density at radius 1 is 1.08 bits per heavy atom. The summed E-state index contributed by atoms with van der Waals surface area (Å²) in [7, 11) is 0. The van der Waals surface area contributed by atoms with Gasteiger partial charge in [0.25, 0.3) is 11.5 Å². The summed E-state index contributed by atoms with van der Waals surface area (Å²) >= 11 is 1.24. The number of hydrogen-bond donors (Lipinski definition) is 1. The fourth-order valence-corrected chi connectivity index (χ4v) is 5.60. The summed E-state index contributed by atoms with van der Waals surface area (Å²) in [5.41, 5.74) is 4.20. The number of aryl methyl sites for hydroxylation is 2. The lowest BCUT2D eigenvalue weighted by Gasteiger charge is -2.14. The molecule has 1 aliphatic heterocycles. The Labute approximate surface area is 231 Å². The van der Waals surface area contributed by atoms with Crippen molar-refractivity contribution in [1.29, 1.82) is 0 Å². The average molecular weight is 542 g/mol. The van der Waals surface area contributed by atoms with Gasteiger partial charge in [0.15, 0.2) is 10.9 Å². The number of Topliss-reactive ketones (excluding diaryl/α,β-unsaturated/α-hetero) is 1. The van der Waals surface area contributed by atoms with E-state index < -0.39 is 0 Å². The van der Waals surface area contributed by atoms with E-state index in [-0.39, 0.29) is 29.1 Å². The number of aromatic nitrogens is 2. The standard InChI is InChI=1S/C31H31N3O4S/c1-20-10-11-21(2)26(15-20)28(35)19-39-31-33-27-16-23(29(36)32-17-24-9-6-14-38-24)12-13-25(27)30(37)34(31)18-22-7-4-3-5-8-22/h3-5,7-8,10-13,15-16,24H,6,9,14,17-19H2,1-2H3,(H,32,36)/t24-/m1/s1. The van der Waals surface area contributed by atoms with Crippen LogP contribution in [0.4, 0.5) is 0 Å². The van der Waals surface area contributed by atoms with Gasteiger partial charge in [-0.2, -0.15) is 0 Å². The van der Waals surface area contributed by atoms with Crippen molar-refractivity contribution >= 4 is 34.4 Å². The second-order valence-electron chi connectivity index (χ2n) is 9.88. The quantitative estimate of drug-likeness (QED) is 0.183. The van der Waals surface area contributed by atoms with Gasteiger partial charge in [0.2, 0.25) is 0 Å². The molecule has 0 aliphatic carbocycles. The summed E-state index contributed by atoms with van der Waals surface area (Å²) in [6, 6.07) is 20.4. The molecule has 0 radical (unpaired) electrons. The van der Waals surface area contributed by atoms with Crippen molar-refractivity contribution in [1.82, 2.24) is 14.9 Å². The molecule has 200 valence electrons. The van der Waals surface area contributed by atoms with Crippen LogP contribution >= 0.6 is 11.8 Å². The van der Waals surface area contributed by atoms with E-state index in [1.807, 2.05) is 62.4 Å². The third-order valence-electron chi connectivity index (χ3n) is 6.91. The van der Waals surface area contributed by atoms with Crippen LogP contribution in [0.3, 0.4) is 0 Å². The zero-order valence-electron chi connectivity index (χ0n) is 22.1. The Hall–Kier alpha value is -3.75. The highest BCUT2D eigenvalue weighted by atomic mass is 32.2. The van der Waals surface area contributed by atoms with E-state index >= 15 is 0 Å². The minimum atomic E-state index is -0.234. The van der Waals surface area contributed by atoms with Crippen molar-refractivity contribution < 1.29 is 14.3 Å².